The molecule has 0 bridgehead atoms. The van der Waals surface area contributed by atoms with E-state index in [1.165, 1.54) is 0 Å². The lowest BCUT2D eigenvalue weighted by Crippen LogP contribution is -2.28. The average molecular weight is 360 g/mol. The van der Waals surface area contributed by atoms with E-state index < -0.39 is 6.04 Å². The molecule has 0 saturated carbocycles. The zero-order valence-electron chi connectivity index (χ0n) is 13.9. The summed E-state index contributed by atoms with van der Waals surface area (Å²) in [5.41, 5.74) is 8.00. The van der Waals surface area contributed by atoms with Crippen molar-refractivity contribution in [3.05, 3.63) is 65.7 Å². The second-order valence-electron chi connectivity index (χ2n) is 5.95. The molecule has 0 aromatic heterocycles. The van der Waals surface area contributed by atoms with Gasteiger partial charge in [0.1, 0.15) is 6.04 Å². The highest BCUT2D eigenvalue weighted by Gasteiger charge is 2.20. The number of carbonyl (C=O) groups is 2. The summed E-state index contributed by atoms with van der Waals surface area (Å²) in [6.07, 6.45) is 2.13. The SMILES string of the molecule is Cl.NC(C(=O)Nc1ccc(C(=O)N2CCCC2)cc1)c1ccccc1. The molecule has 1 unspecified atom stereocenters. The molecule has 25 heavy (non-hydrogen) atoms. The van der Waals surface area contributed by atoms with Gasteiger partial charge in [0.25, 0.3) is 5.91 Å². The third-order valence-electron chi connectivity index (χ3n) is 4.23. The van der Waals surface area contributed by atoms with Crippen LogP contribution < -0.4 is 11.1 Å². The van der Waals surface area contributed by atoms with Gasteiger partial charge in [-0.15, -0.1) is 12.4 Å². The third-order valence-corrected chi connectivity index (χ3v) is 4.23. The number of carbonyl (C=O) groups excluding carboxylic acids is 2. The van der Waals surface area contributed by atoms with Crippen LogP contribution in [0.2, 0.25) is 0 Å². The first kappa shape index (κ1) is 19.0. The zero-order chi connectivity index (χ0) is 16.9. The van der Waals surface area contributed by atoms with Gasteiger partial charge in [0, 0.05) is 24.3 Å². The fourth-order valence-electron chi connectivity index (χ4n) is 2.83. The summed E-state index contributed by atoms with van der Waals surface area (Å²) >= 11 is 0. The molecule has 3 N–H and O–H groups in total. The van der Waals surface area contributed by atoms with Crippen molar-refractivity contribution in [2.75, 3.05) is 18.4 Å². The van der Waals surface area contributed by atoms with Gasteiger partial charge in [-0.1, -0.05) is 30.3 Å². The molecule has 1 aliphatic rings. The number of rotatable bonds is 4. The molecule has 3 rings (SSSR count). The van der Waals surface area contributed by atoms with E-state index in [-0.39, 0.29) is 24.2 Å². The van der Waals surface area contributed by atoms with Crippen molar-refractivity contribution in [3.8, 4) is 0 Å². The van der Waals surface area contributed by atoms with Crippen LogP contribution in [0.25, 0.3) is 0 Å². The highest BCUT2D eigenvalue weighted by molar-refractivity contribution is 5.97. The third kappa shape index (κ3) is 4.59. The quantitative estimate of drug-likeness (QED) is 0.881. The van der Waals surface area contributed by atoms with Crippen LogP contribution in [0.4, 0.5) is 5.69 Å². The maximum atomic E-state index is 12.3. The summed E-state index contributed by atoms with van der Waals surface area (Å²) in [7, 11) is 0. The number of likely N-dealkylation sites (tertiary alicyclic amines) is 1. The normalized spacial score (nSPS) is 14.5. The number of nitrogens with zero attached hydrogens (tertiary/aromatic N) is 1. The van der Waals surface area contributed by atoms with Gasteiger partial charge in [-0.25, -0.2) is 0 Å². The molecule has 2 amide bonds. The monoisotopic (exact) mass is 359 g/mol. The first-order valence-electron chi connectivity index (χ1n) is 8.16. The van der Waals surface area contributed by atoms with Gasteiger partial charge in [-0.05, 0) is 42.7 Å². The Kier molecular flexibility index (Phi) is 6.56. The van der Waals surface area contributed by atoms with Crippen molar-refractivity contribution in [3.63, 3.8) is 0 Å². The molecule has 5 nitrogen and oxygen atoms in total. The molecule has 1 atom stereocenters. The highest BCUT2D eigenvalue weighted by atomic mass is 35.5. The molecule has 2 aromatic carbocycles. The molecule has 0 radical (unpaired) electrons. The Morgan fingerprint density at radius 2 is 1.56 bits per heavy atom. The highest BCUT2D eigenvalue weighted by Crippen LogP contribution is 2.17. The molecule has 2 aromatic rings. The fraction of sp³-hybridized carbons (Fsp3) is 0.263. The number of nitrogens with one attached hydrogen (secondary N) is 1. The number of amides is 2. The average Bonchev–Trinajstić information content (AvgIpc) is 3.16. The molecule has 1 fully saturated rings. The lowest BCUT2D eigenvalue weighted by atomic mass is 10.1. The smallest absolute Gasteiger partial charge is 0.253 e. The predicted molar refractivity (Wildman–Crippen MR) is 101 cm³/mol. The lowest BCUT2D eigenvalue weighted by Gasteiger charge is -2.16. The maximum Gasteiger partial charge on any atom is 0.253 e. The Hall–Kier alpha value is -2.37. The Morgan fingerprint density at radius 1 is 0.960 bits per heavy atom. The molecule has 6 heteroatoms. The fourth-order valence-corrected chi connectivity index (χ4v) is 2.83. The zero-order valence-corrected chi connectivity index (χ0v) is 14.7. The molecule has 1 aliphatic heterocycles. The van der Waals surface area contributed by atoms with Crippen molar-refractivity contribution in [1.29, 1.82) is 0 Å². The van der Waals surface area contributed by atoms with E-state index in [1.54, 1.807) is 24.3 Å². The molecule has 1 heterocycles. The van der Waals surface area contributed by atoms with Crippen LogP contribution in [0, 0.1) is 0 Å². The van der Waals surface area contributed by atoms with Crippen molar-refractivity contribution in [1.82, 2.24) is 4.90 Å². The molecule has 1 saturated heterocycles. The van der Waals surface area contributed by atoms with E-state index in [2.05, 4.69) is 5.32 Å². The first-order chi connectivity index (χ1) is 11.6. The number of hydrogen-bond donors (Lipinski definition) is 2. The van der Waals surface area contributed by atoms with E-state index in [4.69, 9.17) is 5.73 Å². The van der Waals surface area contributed by atoms with Gasteiger partial charge in [0.05, 0.1) is 0 Å². The van der Waals surface area contributed by atoms with Gasteiger partial charge in [0.15, 0.2) is 0 Å². The molecular weight excluding hydrogens is 338 g/mol. The number of benzene rings is 2. The second kappa shape index (κ2) is 8.65. The van der Waals surface area contributed by atoms with E-state index in [9.17, 15) is 9.59 Å². The number of nitrogens with two attached hydrogens (primary N) is 1. The second-order valence-corrected chi connectivity index (χ2v) is 5.95. The van der Waals surface area contributed by atoms with Crippen LogP contribution in [-0.4, -0.2) is 29.8 Å². The minimum Gasteiger partial charge on any atom is -0.339 e. The summed E-state index contributed by atoms with van der Waals surface area (Å²) in [4.78, 5) is 26.4. The molecule has 0 aliphatic carbocycles. The molecular formula is C19H22ClN3O2. The van der Waals surface area contributed by atoms with E-state index in [1.807, 2.05) is 35.2 Å². The molecule has 0 spiro atoms. The van der Waals surface area contributed by atoms with Gasteiger partial charge in [-0.2, -0.15) is 0 Å². The van der Waals surface area contributed by atoms with Crippen molar-refractivity contribution < 1.29 is 9.59 Å². The summed E-state index contributed by atoms with van der Waals surface area (Å²) in [5, 5.41) is 2.79. The summed E-state index contributed by atoms with van der Waals surface area (Å²) < 4.78 is 0. The van der Waals surface area contributed by atoms with Crippen LogP contribution in [0.1, 0.15) is 34.8 Å². The van der Waals surface area contributed by atoms with Gasteiger partial charge < -0.3 is 16.0 Å². The standard InChI is InChI=1S/C19H21N3O2.ClH/c20-17(14-6-2-1-3-7-14)18(23)21-16-10-8-15(9-11-16)19(24)22-12-4-5-13-22;/h1-3,6-11,17H,4-5,12-13,20H2,(H,21,23);1H. The minimum absolute atomic E-state index is 0. The first-order valence-corrected chi connectivity index (χ1v) is 8.16. The summed E-state index contributed by atoms with van der Waals surface area (Å²) in [6.45, 7) is 1.65. The predicted octanol–water partition coefficient (Wildman–Crippen LogP) is 2.98. The van der Waals surface area contributed by atoms with Gasteiger partial charge >= 0.3 is 0 Å². The Morgan fingerprint density at radius 3 is 2.16 bits per heavy atom. The minimum atomic E-state index is -0.725. The lowest BCUT2D eigenvalue weighted by molar-refractivity contribution is -0.117. The van der Waals surface area contributed by atoms with Crippen LogP contribution in [0.5, 0.6) is 0 Å². The largest absolute Gasteiger partial charge is 0.339 e. The van der Waals surface area contributed by atoms with Crippen LogP contribution in [-0.2, 0) is 4.79 Å². The summed E-state index contributed by atoms with van der Waals surface area (Å²) in [5.74, 6) is -0.230. The Labute approximate surface area is 153 Å². The van der Waals surface area contributed by atoms with E-state index in [0.29, 0.717) is 11.3 Å². The van der Waals surface area contributed by atoms with Gasteiger partial charge in [0.2, 0.25) is 5.91 Å². The van der Waals surface area contributed by atoms with Crippen molar-refractivity contribution in [2.24, 2.45) is 5.73 Å². The number of anilines is 1. The van der Waals surface area contributed by atoms with Gasteiger partial charge in [-0.3, -0.25) is 9.59 Å². The van der Waals surface area contributed by atoms with Crippen LogP contribution in [0.3, 0.4) is 0 Å². The van der Waals surface area contributed by atoms with Crippen LogP contribution >= 0.6 is 12.4 Å². The molecule has 132 valence electrons. The maximum absolute atomic E-state index is 12.3. The topological polar surface area (TPSA) is 75.4 Å². The number of hydrogen-bond acceptors (Lipinski definition) is 3. The summed E-state index contributed by atoms with van der Waals surface area (Å²) in [6, 6.07) is 15.4. The van der Waals surface area contributed by atoms with Crippen molar-refractivity contribution >= 4 is 29.9 Å². The number of halogens is 1. The van der Waals surface area contributed by atoms with E-state index >= 15 is 0 Å². The Bertz CT molecular complexity index is 713. The van der Waals surface area contributed by atoms with E-state index in [0.717, 1.165) is 31.5 Å². The van der Waals surface area contributed by atoms with Crippen LogP contribution in [0.15, 0.2) is 54.6 Å². The van der Waals surface area contributed by atoms with Crippen molar-refractivity contribution in [2.45, 2.75) is 18.9 Å². The Balaban J connectivity index is 0.00000225.